The molecule has 1 heterocycles. The van der Waals surface area contributed by atoms with Crippen molar-refractivity contribution in [1.82, 2.24) is 10.3 Å². The third-order valence-electron chi connectivity index (χ3n) is 2.90. The molecule has 2 rings (SSSR count). The van der Waals surface area contributed by atoms with Crippen LogP contribution in [0.3, 0.4) is 0 Å². The van der Waals surface area contributed by atoms with Gasteiger partial charge in [0.2, 0.25) is 0 Å². The molecular formula is C15H13IN2O3. The van der Waals surface area contributed by atoms with E-state index in [9.17, 15) is 14.7 Å². The number of nitrogens with one attached hydrogen (secondary N) is 1. The summed E-state index contributed by atoms with van der Waals surface area (Å²) >= 11 is 2.18. The average Bonchev–Trinajstić information content (AvgIpc) is 2.49. The van der Waals surface area contributed by atoms with Crippen LogP contribution in [0.5, 0.6) is 0 Å². The molecule has 108 valence electrons. The lowest BCUT2D eigenvalue weighted by atomic mass is 10.1. The van der Waals surface area contributed by atoms with Crippen molar-refractivity contribution in [1.29, 1.82) is 0 Å². The Hall–Kier alpha value is -1.96. The van der Waals surface area contributed by atoms with Gasteiger partial charge in [-0.3, -0.25) is 9.78 Å². The number of carbonyl (C=O) groups is 2. The molecule has 0 saturated carbocycles. The lowest BCUT2D eigenvalue weighted by Crippen LogP contribution is -2.42. The second-order valence-corrected chi connectivity index (χ2v) is 5.68. The minimum Gasteiger partial charge on any atom is -0.480 e. The van der Waals surface area contributed by atoms with Crippen molar-refractivity contribution >= 4 is 34.5 Å². The molecule has 6 heteroatoms. The van der Waals surface area contributed by atoms with Gasteiger partial charge in [-0.25, -0.2) is 4.79 Å². The van der Waals surface area contributed by atoms with E-state index in [1.54, 1.807) is 12.1 Å². The summed E-state index contributed by atoms with van der Waals surface area (Å²) in [5.41, 5.74) is 1.25. The highest BCUT2D eigenvalue weighted by molar-refractivity contribution is 14.1. The van der Waals surface area contributed by atoms with Gasteiger partial charge in [-0.1, -0.05) is 12.1 Å². The number of halogens is 1. The number of nitrogens with zero attached hydrogens (tertiary/aromatic N) is 1. The molecule has 0 aliphatic carbocycles. The molecular weight excluding hydrogens is 383 g/mol. The van der Waals surface area contributed by atoms with Gasteiger partial charge in [0.25, 0.3) is 5.91 Å². The predicted octanol–water partition coefficient (Wildman–Crippen LogP) is 2.11. The van der Waals surface area contributed by atoms with Crippen molar-refractivity contribution in [3.8, 4) is 0 Å². The number of benzene rings is 1. The minimum absolute atomic E-state index is 0.239. The van der Waals surface area contributed by atoms with Crippen LogP contribution < -0.4 is 5.32 Å². The first-order valence-corrected chi connectivity index (χ1v) is 7.32. The van der Waals surface area contributed by atoms with Gasteiger partial charge in [0.15, 0.2) is 0 Å². The van der Waals surface area contributed by atoms with E-state index in [0.717, 1.165) is 9.13 Å². The molecule has 0 fully saturated rings. The second kappa shape index (κ2) is 7.16. The van der Waals surface area contributed by atoms with Crippen LogP contribution in [0, 0.1) is 3.57 Å². The lowest BCUT2D eigenvalue weighted by molar-refractivity contribution is -0.139. The summed E-state index contributed by atoms with van der Waals surface area (Å²) in [4.78, 5) is 27.1. The van der Waals surface area contributed by atoms with Crippen LogP contribution in [-0.4, -0.2) is 28.0 Å². The number of aromatic nitrogens is 1. The third kappa shape index (κ3) is 4.52. The molecule has 0 unspecified atom stereocenters. The summed E-state index contributed by atoms with van der Waals surface area (Å²) < 4.78 is 1.07. The average molecular weight is 396 g/mol. The van der Waals surface area contributed by atoms with E-state index < -0.39 is 17.9 Å². The maximum absolute atomic E-state index is 12.0. The molecule has 2 N–H and O–H groups in total. The van der Waals surface area contributed by atoms with Gasteiger partial charge >= 0.3 is 5.97 Å². The van der Waals surface area contributed by atoms with Gasteiger partial charge < -0.3 is 10.4 Å². The number of aliphatic carboxylic acids is 1. The number of carboxylic acids is 1. The first kappa shape index (κ1) is 15.4. The van der Waals surface area contributed by atoms with Crippen molar-refractivity contribution < 1.29 is 14.7 Å². The number of pyridine rings is 1. The summed E-state index contributed by atoms with van der Waals surface area (Å²) in [6, 6.07) is 9.63. The molecule has 21 heavy (non-hydrogen) atoms. The molecule has 0 bridgehead atoms. The van der Waals surface area contributed by atoms with Gasteiger partial charge in [-0.2, -0.15) is 0 Å². The van der Waals surface area contributed by atoms with E-state index in [-0.39, 0.29) is 6.42 Å². The number of amides is 1. The normalized spacial score (nSPS) is 11.7. The highest BCUT2D eigenvalue weighted by Gasteiger charge is 2.21. The van der Waals surface area contributed by atoms with Crippen LogP contribution >= 0.6 is 22.6 Å². The molecule has 1 amide bonds. The monoisotopic (exact) mass is 396 g/mol. The summed E-state index contributed by atoms with van der Waals surface area (Å²) in [5, 5.41) is 11.8. The minimum atomic E-state index is -1.06. The van der Waals surface area contributed by atoms with Gasteiger partial charge in [0.1, 0.15) is 6.04 Å². The number of carbonyl (C=O) groups excluding carboxylic acids is 1. The maximum Gasteiger partial charge on any atom is 0.326 e. The zero-order valence-corrected chi connectivity index (χ0v) is 13.1. The summed E-state index contributed by atoms with van der Waals surface area (Å²) in [6.07, 6.45) is 3.22. The van der Waals surface area contributed by atoms with Crippen LogP contribution in [0.25, 0.3) is 0 Å². The van der Waals surface area contributed by atoms with Gasteiger partial charge in [-0.15, -0.1) is 0 Å². The van der Waals surface area contributed by atoms with Crippen molar-refractivity contribution in [2.24, 2.45) is 0 Å². The Labute approximate surface area is 135 Å². The highest BCUT2D eigenvalue weighted by Crippen LogP contribution is 2.09. The summed E-state index contributed by atoms with van der Waals surface area (Å²) in [6.45, 7) is 0. The molecule has 0 saturated heterocycles. The molecule has 1 atom stereocenters. The molecule has 0 spiro atoms. The first-order valence-electron chi connectivity index (χ1n) is 6.24. The quantitative estimate of drug-likeness (QED) is 0.759. The summed E-state index contributed by atoms with van der Waals surface area (Å²) in [7, 11) is 0. The largest absolute Gasteiger partial charge is 0.480 e. The van der Waals surface area contributed by atoms with Crippen LogP contribution in [0.1, 0.15) is 15.9 Å². The smallest absolute Gasteiger partial charge is 0.326 e. The number of rotatable bonds is 5. The molecule has 1 aromatic heterocycles. The van der Waals surface area contributed by atoms with Gasteiger partial charge in [-0.05, 0) is 52.4 Å². The van der Waals surface area contributed by atoms with Crippen LogP contribution in [-0.2, 0) is 11.2 Å². The Morgan fingerprint density at radius 3 is 2.33 bits per heavy atom. The van der Waals surface area contributed by atoms with Crippen molar-refractivity contribution in [3.63, 3.8) is 0 Å². The lowest BCUT2D eigenvalue weighted by Gasteiger charge is -2.14. The van der Waals surface area contributed by atoms with E-state index >= 15 is 0 Å². The SMILES string of the molecule is O=C(N[C@@H](Cc1ccc(I)cc1)C(=O)O)c1ccncc1. The Morgan fingerprint density at radius 1 is 1.14 bits per heavy atom. The Kier molecular flexibility index (Phi) is 5.26. The van der Waals surface area contributed by atoms with Gasteiger partial charge in [0, 0.05) is 27.9 Å². The molecule has 0 radical (unpaired) electrons. The van der Waals surface area contributed by atoms with E-state index in [4.69, 9.17) is 0 Å². The molecule has 5 nitrogen and oxygen atoms in total. The zero-order valence-electron chi connectivity index (χ0n) is 11.0. The number of hydrogen-bond acceptors (Lipinski definition) is 3. The maximum atomic E-state index is 12.0. The Balaban J connectivity index is 2.07. The third-order valence-corrected chi connectivity index (χ3v) is 3.62. The van der Waals surface area contributed by atoms with Crippen molar-refractivity contribution in [2.75, 3.05) is 0 Å². The Bertz CT molecular complexity index is 629. The molecule has 0 aliphatic heterocycles. The van der Waals surface area contributed by atoms with E-state index in [1.165, 1.54) is 12.4 Å². The standard InChI is InChI=1S/C15H13IN2O3/c16-12-3-1-10(2-4-12)9-13(15(20)21)18-14(19)11-5-7-17-8-6-11/h1-8,13H,9H2,(H,18,19)(H,20,21)/t13-/m0/s1. The van der Waals surface area contributed by atoms with Crippen LogP contribution in [0.15, 0.2) is 48.8 Å². The fraction of sp³-hybridized carbons (Fsp3) is 0.133. The fourth-order valence-electron chi connectivity index (χ4n) is 1.80. The van der Waals surface area contributed by atoms with Gasteiger partial charge in [0.05, 0.1) is 0 Å². The summed E-state index contributed by atoms with van der Waals surface area (Å²) in [5.74, 6) is -1.48. The highest BCUT2D eigenvalue weighted by atomic mass is 127. The number of carboxylic acid groups (broad SMARTS) is 1. The van der Waals surface area contributed by atoms with Crippen molar-refractivity contribution in [2.45, 2.75) is 12.5 Å². The predicted molar refractivity (Wildman–Crippen MR) is 86.0 cm³/mol. The van der Waals surface area contributed by atoms with E-state index in [0.29, 0.717) is 5.56 Å². The zero-order chi connectivity index (χ0) is 15.2. The van der Waals surface area contributed by atoms with Crippen molar-refractivity contribution in [3.05, 3.63) is 63.5 Å². The molecule has 1 aromatic carbocycles. The first-order chi connectivity index (χ1) is 10.1. The number of hydrogen-bond donors (Lipinski definition) is 2. The van der Waals surface area contributed by atoms with E-state index in [2.05, 4.69) is 32.9 Å². The van der Waals surface area contributed by atoms with E-state index in [1.807, 2.05) is 24.3 Å². The molecule has 0 aliphatic rings. The second-order valence-electron chi connectivity index (χ2n) is 4.43. The topological polar surface area (TPSA) is 79.3 Å². The molecule has 2 aromatic rings. The van der Waals surface area contributed by atoms with Crippen LogP contribution in [0.4, 0.5) is 0 Å². The fourth-order valence-corrected chi connectivity index (χ4v) is 2.16. The Morgan fingerprint density at radius 2 is 1.76 bits per heavy atom. The van der Waals surface area contributed by atoms with Crippen LogP contribution in [0.2, 0.25) is 0 Å².